The van der Waals surface area contributed by atoms with E-state index >= 15 is 0 Å². The maximum atomic E-state index is 4.85. The highest BCUT2D eigenvalue weighted by molar-refractivity contribution is 5.90. The van der Waals surface area contributed by atoms with Crippen molar-refractivity contribution in [2.75, 3.05) is 42.3 Å². The van der Waals surface area contributed by atoms with Gasteiger partial charge < -0.3 is 15.1 Å². The fourth-order valence-corrected chi connectivity index (χ4v) is 3.14. The van der Waals surface area contributed by atoms with Crippen molar-refractivity contribution in [2.45, 2.75) is 6.54 Å². The predicted molar refractivity (Wildman–Crippen MR) is 99.8 cm³/mol. The second-order valence-corrected chi connectivity index (χ2v) is 6.26. The van der Waals surface area contributed by atoms with Gasteiger partial charge in [-0.2, -0.15) is 4.98 Å². The number of hydrogen-bond donors (Lipinski definition) is 1. The molecule has 0 atom stereocenters. The van der Waals surface area contributed by atoms with E-state index in [1.54, 1.807) is 0 Å². The standard InChI is InChI=1S/C19H21N5/c1-23(2)18-15-8-4-6-10-17(15)21-19(22-18)24-12-11-20-16-9-5-3-7-14(16)13-24/h3-10,20H,11-13H2,1-2H3. The lowest BCUT2D eigenvalue weighted by Crippen LogP contribution is -2.28. The van der Waals surface area contributed by atoms with E-state index in [0.717, 1.165) is 42.3 Å². The van der Waals surface area contributed by atoms with Crippen molar-refractivity contribution in [3.05, 3.63) is 54.1 Å². The third kappa shape index (κ3) is 2.62. The molecule has 4 rings (SSSR count). The highest BCUT2D eigenvalue weighted by atomic mass is 15.3. The van der Waals surface area contributed by atoms with Crippen LogP contribution in [0, 0.1) is 0 Å². The Labute approximate surface area is 141 Å². The highest BCUT2D eigenvalue weighted by Crippen LogP contribution is 2.27. The highest BCUT2D eigenvalue weighted by Gasteiger charge is 2.18. The molecular weight excluding hydrogens is 298 g/mol. The number of nitrogens with one attached hydrogen (secondary N) is 1. The molecule has 0 radical (unpaired) electrons. The van der Waals surface area contributed by atoms with Gasteiger partial charge in [0, 0.05) is 44.8 Å². The maximum Gasteiger partial charge on any atom is 0.228 e. The maximum absolute atomic E-state index is 4.85. The van der Waals surface area contributed by atoms with E-state index in [1.807, 2.05) is 26.2 Å². The van der Waals surface area contributed by atoms with Crippen LogP contribution in [0.1, 0.15) is 5.56 Å². The van der Waals surface area contributed by atoms with Crippen molar-refractivity contribution in [3.8, 4) is 0 Å². The zero-order chi connectivity index (χ0) is 16.5. The van der Waals surface area contributed by atoms with Gasteiger partial charge in [-0.3, -0.25) is 0 Å². The lowest BCUT2D eigenvalue weighted by atomic mass is 10.2. The molecule has 0 aliphatic carbocycles. The number of anilines is 3. The fourth-order valence-electron chi connectivity index (χ4n) is 3.14. The van der Waals surface area contributed by atoms with Crippen molar-refractivity contribution in [1.29, 1.82) is 0 Å². The van der Waals surface area contributed by atoms with Crippen molar-refractivity contribution in [1.82, 2.24) is 9.97 Å². The molecule has 0 amide bonds. The van der Waals surface area contributed by atoms with Crippen LogP contribution < -0.4 is 15.1 Å². The summed E-state index contributed by atoms with van der Waals surface area (Å²) in [4.78, 5) is 14.0. The molecule has 1 aromatic heterocycles. The van der Waals surface area contributed by atoms with Crippen LogP contribution in [-0.4, -0.2) is 37.2 Å². The van der Waals surface area contributed by atoms with Gasteiger partial charge in [-0.15, -0.1) is 0 Å². The van der Waals surface area contributed by atoms with E-state index < -0.39 is 0 Å². The molecule has 0 unspecified atom stereocenters. The second-order valence-electron chi connectivity index (χ2n) is 6.26. The number of nitrogens with zero attached hydrogens (tertiary/aromatic N) is 4. The summed E-state index contributed by atoms with van der Waals surface area (Å²) in [5.74, 6) is 1.75. The Morgan fingerprint density at radius 2 is 1.79 bits per heavy atom. The van der Waals surface area contributed by atoms with Gasteiger partial charge in [0.1, 0.15) is 5.82 Å². The van der Waals surface area contributed by atoms with Crippen LogP contribution in [0.2, 0.25) is 0 Å². The van der Waals surface area contributed by atoms with Crippen molar-refractivity contribution < 1.29 is 0 Å². The topological polar surface area (TPSA) is 44.3 Å². The lowest BCUT2D eigenvalue weighted by Gasteiger charge is -2.23. The molecule has 24 heavy (non-hydrogen) atoms. The summed E-state index contributed by atoms with van der Waals surface area (Å²) >= 11 is 0. The SMILES string of the molecule is CN(C)c1nc(N2CCNc3ccccc3C2)nc2ccccc12. The summed E-state index contributed by atoms with van der Waals surface area (Å²) in [7, 11) is 4.05. The molecule has 0 bridgehead atoms. The minimum absolute atomic E-state index is 0.788. The number of fused-ring (bicyclic) bond motifs is 2. The third-order valence-corrected chi connectivity index (χ3v) is 4.35. The molecule has 1 N–H and O–H groups in total. The summed E-state index contributed by atoms with van der Waals surface area (Å²) in [6.45, 7) is 2.57. The van der Waals surface area contributed by atoms with Crippen LogP contribution in [0.4, 0.5) is 17.5 Å². The van der Waals surface area contributed by atoms with Gasteiger partial charge in [-0.1, -0.05) is 30.3 Å². The summed E-state index contributed by atoms with van der Waals surface area (Å²) < 4.78 is 0. The van der Waals surface area contributed by atoms with E-state index in [0.29, 0.717) is 0 Å². The van der Waals surface area contributed by atoms with E-state index in [2.05, 4.69) is 51.5 Å². The molecule has 0 saturated carbocycles. The molecule has 0 saturated heterocycles. The Kier molecular flexibility index (Phi) is 3.69. The number of para-hydroxylation sites is 2. The molecule has 5 heteroatoms. The number of hydrogen-bond acceptors (Lipinski definition) is 5. The van der Waals surface area contributed by atoms with Gasteiger partial charge in [0.05, 0.1) is 5.52 Å². The first-order valence-electron chi connectivity index (χ1n) is 8.23. The minimum Gasteiger partial charge on any atom is -0.383 e. The smallest absolute Gasteiger partial charge is 0.228 e. The average molecular weight is 319 g/mol. The quantitative estimate of drug-likeness (QED) is 0.786. The van der Waals surface area contributed by atoms with Crippen LogP contribution >= 0.6 is 0 Å². The zero-order valence-corrected chi connectivity index (χ0v) is 14.0. The first kappa shape index (κ1) is 14.8. The molecule has 5 nitrogen and oxygen atoms in total. The van der Waals surface area contributed by atoms with E-state index in [1.165, 1.54) is 11.3 Å². The van der Waals surface area contributed by atoms with Crippen molar-refractivity contribution in [3.63, 3.8) is 0 Å². The van der Waals surface area contributed by atoms with Crippen molar-refractivity contribution in [2.24, 2.45) is 0 Å². The van der Waals surface area contributed by atoms with Crippen molar-refractivity contribution >= 4 is 28.4 Å². The normalized spacial score (nSPS) is 14.0. The Morgan fingerprint density at radius 3 is 2.67 bits per heavy atom. The second kappa shape index (κ2) is 6.00. The summed E-state index contributed by atoms with van der Waals surface area (Å²) in [5.41, 5.74) is 3.46. The van der Waals surface area contributed by atoms with Gasteiger partial charge >= 0.3 is 0 Å². The Hall–Kier alpha value is -2.82. The van der Waals surface area contributed by atoms with Crippen LogP contribution in [0.25, 0.3) is 10.9 Å². The molecule has 122 valence electrons. The number of benzene rings is 2. The van der Waals surface area contributed by atoms with E-state index in [9.17, 15) is 0 Å². The zero-order valence-electron chi connectivity index (χ0n) is 14.0. The summed E-state index contributed by atoms with van der Waals surface area (Å²) in [6, 6.07) is 16.6. The third-order valence-electron chi connectivity index (χ3n) is 4.35. The molecule has 2 heterocycles. The fraction of sp³-hybridized carbons (Fsp3) is 0.263. The molecule has 0 spiro atoms. The summed E-state index contributed by atoms with van der Waals surface area (Å²) in [6.07, 6.45) is 0. The number of rotatable bonds is 2. The lowest BCUT2D eigenvalue weighted by molar-refractivity contribution is 0.792. The van der Waals surface area contributed by atoms with Gasteiger partial charge in [-0.25, -0.2) is 4.98 Å². The molecule has 1 aliphatic rings. The Balaban J connectivity index is 1.79. The first-order valence-corrected chi connectivity index (χ1v) is 8.23. The van der Waals surface area contributed by atoms with Gasteiger partial charge in [0.15, 0.2) is 0 Å². The monoisotopic (exact) mass is 319 g/mol. The number of aromatic nitrogens is 2. The van der Waals surface area contributed by atoms with Crippen LogP contribution in [-0.2, 0) is 6.54 Å². The van der Waals surface area contributed by atoms with Gasteiger partial charge in [-0.05, 0) is 23.8 Å². The molecule has 1 aliphatic heterocycles. The molecular formula is C19H21N5. The van der Waals surface area contributed by atoms with Crippen LogP contribution in [0.3, 0.4) is 0 Å². The molecule has 0 fully saturated rings. The van der Waals surface area contributed by atoms with Crippen LogP contribution in [0.15, 0.2) is 48.5 Å². The Morgan fingerprint density at radius 1 is 1.00 bits per heavy atom. The van der Waals surface area contributed by atoms with E-state index in [-0.39, 0.29) is 0 Å². The Bertz CT molecular complexity index is 875. The predicted octanol–water partition coefficient (Wildman–Crippen LogP) is 3.13. The summed E-state index contributed by atoms with van der Waals surface area (Å²) in [5, 5.41) is 4.57. The largest absolute Gasteiger partial charge is 0.383 e. The molecule has 2 aromatic carbocycles. The average Bonchev–Trinajstić information content (AvgIpc) is 2.83. The molecule has 3 aromatic rings. The first-order chi connectivity index (χ1) is 11.7. The minimum atomic E-state index is 0.788. The van der Waals surface area contributed by atoms with Gasteiger partial charge in [0.25, 0.3) is 0 Å². The van der Waals surface area contributed by atoms with E-state index in [4.69, 9.17) is 9.97 Å². The van der Waals surface area contributed by atoms with Gasteiger partial charge in [0.2, 0.25) is 5.95 Å². The van der Waals surface area contributed by atoms with Crippen LogP contribution in [0.5, 0.6) is 0 Å².